The van der Waals surface area contributed by atoms with Gasteiger partial charge < -0.3 is 9.32 Å². The van der Waals surface area contributed by atoms with Crippen LogP contribution in [0, 0.1) is 0 Å². The lowest BCUT2D eigenvalue weighted by atomic mass is 10.2. The van der Waals surface area contributed by atoms with Gasteiger partial charge in [0, 0.05) is 11.4 Å². The molecule has 3 aromatic rings. The van der Waals surface area contributed by atoms with Crippen molar-refractivity contribution < 1.29 is 9.21 Å². The fourth-order valence-corrected chi connectivity index (χ4v) is 3.36. The minimum Gasteiger partial charge on any atom is -0.419 e. The number of halogens is 1. The maximum Gasteiger partial charge on any atom is 0.255 e. The second-order valence-corrected chi connectivity index (χ2v) is 6.84. The van der Waals surface area contributed by atoms with E-state index in [-0.39, 0.29) is 11.9 Å². The van der Waals surface area contributed by atoms with Crippen molar-refractivity contribution in [2.24, 2.45) is 0 Å². The van der Waals surface area contributed by atoms with Gasteiger partial charge in [0.15, 0.2) is 0 Å². The lowest BCUT2D eigenvalue weighted by Crippen LogP contribution is -2.32. The van der Waals surface area contributed by atoms with Crippen LogP contribution in [0.3, 0.4) is 0 Å². The Morgan fingerprint density at radius 3 is 2.83 bits per heavy atom. The van der Waals surface area contributed by atoms with Gasteiger partial charge in [0.2, 0.25) is 11.8 Å². The van der Waals surface area contributed by atoms with Gasteiger partial charge in [-0.05, 0) is 36.4 Å². The van der Waals surface area contributed by atoms with Crippen molar-refractivity contribution in [3.63, 3.8) is 0 Å². The van der Waals surface area contributed by atoms with E-state index in [9.17, 15) is 4.79 Å². The maximum absolute atomic E-state index is 12.6. The number of carbonyl (C=O) groups is 1. The third-order valence-corrected chi connectivity index (χ3v) is 4.91. The van der Waals surface area contributed by atoms with Gasteiger partial charge in [0.05, 0.1) is 22.7 Å². The molecule has 0 bridgehead atoms. The summed E-state index contributed by atoms with van der Waals surface area (Å²) < 4.78 is 5.73. The van der Waals surface area contributed by atoms with Gasteiger partial charge in [-0.2, -0.15) is 11.3 Å². The van der Waals surface area contributed by atoms with E-state index in [1.807, 2.05) is 39.9 Å². The lowest BCUT2D eigenvalue weighted by Gasteiger charge is -2.19. The molecular weight excluding hydrogens is 346 g/mol. The number of nitrogens with zero attached hydrogens (tertiary/aromatic N) is 3. The quantitative estimate of drug-likeness (QED) is 0.683. The van der Waals surface area contributed by atoms with Gasteiger partial charge in [-0.1, -0.05) is 23.7 Å². The molecule has 1 aliphatic rings. The molecule has 0 aliphatic heterocycles. The van der Waals surface area contributed by atoms with Crippen LogP contribution >= 0.6 is 22.9 Å². The molecule has 1 saturated carbocycles. The van der Waals surface area contributed by atoms with Crippen molar-refractivity contribution >= 4 is 28.8 Å². The summed E-state index contributed by atoms with van der Waals surface area (Å²) in [6.45, 7) is 0.316. The zero-order valence-electron chi connectivity index (χ0n) is 12.7. The van der Waals surface area contributed by atoms with Crippen molar-refractivity contribution in [2.75, 3.05) is 0 Å². The predicted octanol–water partition coefficient (Wildman–Crippen LogP) is 4.26. The first kappa shape index (κ1) is 15.4. The van der Waals surface area contributed by atoms with Crippen molar-refractivity contribution in [1.29, 1.82) is 0 Å². The zero-order chi connectivity index (χ0) is 16.5. The Morgan fingerprint density at radius 1 is 1.29 bits per heavy atom. The first-order chi connectivity index (χ1) is 11.7. The minimum absolute atomic E-state index is 0.0104. The molecule has 2 heterocycles. The summed E-state index contributed by atoms with van der Waals surface area (Å²) in [4.78, 5) is 14.5. The predicted molar refractivity (Wildman–Crippen MR) is 92.0 cm³/mol. The van der Waals surface area contributed by atoms with E-state index in [0.717, 1.165) is 12.8 Å². The molecule has 0 spiro atoms. The average molecular weight is 360 g/mol. The highest BCUT2D eigenvalue weighted by molar-refractivity contribution is 7.08. The van der Waals surface area contributed by atoms with Crippen LogP contribution in [0.15, 0.2) is 45.5 Å². The molecule has 4 rings (SSSR count). The highest BCUT2D eigenvalue weighted by Gasteiger charge is 2.34. The van der Waals surface area contributed by atoms with E-state index in [1.165, 1.54) is 11.3 Å². The highest BCUT2D eigenvalue weighted by Crippen LogP contribution is 2.31. The Labute approximate surface area is 147 Å². The number of thiophene rings is 1. The van der Waals surface area contributed by atoms with Crippen molar-refractivity contribution in [1.82, 2.24) is 15.1 Å². The smallest absolute Gasteiger partial charge is 0.255 e. The van der Waals surface area contributed by atoms with Crippen LogP contribution in [0.25, 0.3) is 11.5 Å². The Kier molecular flexibility index (Phi) is 4.08. The Morgan fingerprint density at radius 2 is 2.12 bits per heavy atom. The average Bonchev–Trinajstić information content (AvgIpc) is 3.10. The van der Waals surface area contributed by atoms with Gasteiger partial charge >= 0.3 is 0 Å². The van der Waals surface area contributed by atoms with E-state index >= 15 is 0 Å². The fraction of sp³-hybridized carbons (Fsp3) is 0.235. The van der Waals surface area contributed by atoms with Gasteiger partial charge in [-0.3, -0.25) is 4.79 Å². The normalized spacial score (nSPS) is 13.9. The first-order valence-corrected chi connectivity index (χ1v) is 8.95. The Hall–Kier alpha value is -2.18. The van der Waals surface area contributed by atoms with Crippen LogP contribution in [-0.4, -0.2) is 27.0 Å². The number of amides is 1. The maximum atomic E-state index is 12.6. The molecule has 24 heavy (non-hydrogen) atoms. The number of hydrogen-bond donors (Lipinski definition) is 0. The number of aromatic nitrogens is 2. The second kappa shape index (κ2) is 6.37. The first-order valence-electron chi connectivity index (χ1n) is 7.63. The molecule has 0 saturated heterocycles. The number of carbonyl (C=O) groups excluding carboxylic acids is 1. The molecule has 1 amide bonds. The van der Waals surface area contributed by atoms with Gasteiger partial charge in [0.1, 0.15) is 0 Å². The summed E-state index contributed by atoms with van der Waals surface area (Å²) >= 11 is 7.67. The number of rotatable bonds is 5. The Bertz CT molecular complexity index is 858. The Balaban J connectivity index is 1.56. The molecule has 0 atom stereocenters. The van der Waals surface area contributed by atoms with E-state index in [4.69, 9.17) is 16.0 Å². The van der Waals surface area contributed by atoms with E-state index in [0.29, 0.717) is 34.5 Å². The van der Waals surface area contributed by atoms with Gasteiger partial charge in [-0.15, -0.1) is 10.2 Å². The fourth-order valence-electron chi connectivity index (χ4n) is 2.51. The number of hydrogen-bond acceptors (Lipinski definition) is 5. The summed E-state index contributed by atoms with van der Waals surface area (Å²) in [6, 6.07) is 9.41. The topological polar surface area (TPSA) is 59.2 Å². The lowest BCUT2D eigenvalue weighted by molar-refractivity contribution is 0.0715. The number of benzene rings is 1. The zero-order valence-corrected chi connectivity index (χ0v) is 14.3. The van der Waals surface area contributed by atoms with Crippen molar-refractivity contribution in [3.8, 4) is 11.5 Å². The van der Waals surface area contributed by atoms with Gasteiger partial charge in [0.25, 0.3) is 5.91 Å². The molecule has 0 N–H and O–H groups in total. The molecule has 1 aliphatic carbocycles. The molecule has 2 aromatic heterocycles. The summed E-state index contributed by atoms with van der Waals surface area (Å²) in [5.74, 6) is 0.797. The van der Waals surface area contributed by atoms with Crippen LogP contribution in [0.5, 0.6) is 0 Å². The molecule has 5 nitrogen and oxygen atoms in total. The molecule has 1 aromatic carbocycles. The molecule has 0 radical (unpaired) electrons. The SMILES string of the molecule is O=C(c1ccsc1)N(Cc1nnc(-c2ccccc2Cl)o1)C1CC1. The molecule has 0 unspecified atom stereocenters. The van der Waals surface area contributed by atoms with E-state index in [2.05, 4.69) is 10.2 Å². The molecule has 122 valence electrons. The summed E-state index contributed by atoms with van der Waals surface area (Å²) in [7, 11) is 0. The molecule has 1 fully saturated rings. The van der Waals surface area contributed by atoms with Crippen LogP contribution in [0.4, 0.5) is 0 Å². The van der Waals surface area contributed by atoms with Crippen molar-refractivity contribution in [2.45, 2.75) is 25.4 Å². The standard InChI is InChI=1S/C17H14ClN3O2S/c18-14-4-2-1-3-13(14)16-20-19-15(23-16)9-21(12-5-6-12)17(22)11-7-8-24-10-11/h1-4,7-8,10,12H,5-6,9H2. The molecular formula is C17H14ClN3O2S. The monoisotopic (exact) mass is 359 g/mol. The minimum atomic E-state index is 0.0104. The highest BCUT2D eigenvalue weighted by atomic mass is 35.5. The van der Waals surface area contributed by atoms with Crippen LogP contribution in [-0.2, 0) is 6.54 Å². The van der Waals surface area contributed by atoms with Gasteiger partial charge in [-0.25, -0.2) is 0 Å². The van der Waals surface area contributed by atoms with Crippen molar-refractivity contribution in [3.05, 3.63) is 57.6 Å². The third kappa shape index (κ3) is 3.07. The second-order valence-electron chi connectivity index (χ2n) is 5.66. The van der Waals surface area contributed by atoms with E-state index < -0.39 is 0 Å². The molecule has 7 heteroatoms. The largest absolute Gasteiger partial charge is 0.419 e. The summed E-state index contributed by atoms with van der Waals surface area (Å²) in [6.07, 6.45) is 2.03. The van der Waals surface area contributed by atoms with Crippen LogP contribution < -0.4 is 0 Å². The van der Waals surface area contributed by atoms with Crippen LogP contribution in [0.1, 0.15) is 29.1 Å². The summed E-state index contributed by atoms with van der Waals surface area (Å²) in [5.41, 5.74) is 1.40. The van der Waals surface area contributed by atoms with Crippen LogP contribution in [0.2, 0.25) is 5.02 Å². The van der Waals surface area contributed by atoms with E-state index in [1.54, 1.807) is 6.07 Å². The third-order valence-electron chi connectivity index (χ3n) is 3.89. The summed E-state index contributed by atoms with van der Waals surface area (Å²) in [5, 5.41) is 12.5.